The van der Waals surface area contributed by atoms with E-state index in [0.717, 1.165) is 38.0 Å². The Bertz CT molecular complexity index is 958. The van der Waals surface area contributed by atoms with Crippen LogP contribution in [0.4, 0.5) is 5.69 Å². The third kappa shape index (κ3) is 3.46. The lowest BCUT2D eigenvalue weighted by atomic mass is 9.76. The Morgan fingerprint density at radius 2 is 1.89 bits per heavy atom. The normalized spacial score (nSPS) is 25.5. The van der Waals surface area contributed by atoms with Crippen LogP contribution in [0.2, 0.25) is 0 Å². The van der Waals surface area contributed by atoms with E-state index in [1.54, 1.807) is 7.05 Å². The summed E-state index contributed by atoms with van der Waals surface area (Å²) in [4.78, 5) is 2.66. The number of anilines is 1. The van der Waals surface area contributed by atoms with Gasteiger partial charge in [-0.3, -0.25) is 9.21 Å². The molecule has 0 bridgehead atoms. The Labute approximate surface area is 169 Å². The average Bonchev–Trinajstić information content (AvgIpc) is 3.18. The van der Waals surface area contributed by atoms with Crippen LogP contribution in [-0.2, 0) is 22.0 Å². The van der Waals surface area contributed by atoms with Gasteiger partial charge < -0.3 is 0 Å². The van der Waals surface area contributed by atoms with Crippen LogP contribution in [0, 0.1) is 0 Å². The molecule has 0 N–H and O–H groups in total. The molecule has 1 saturated heterocycles. The number of sulfonamides is 1. The van der Waals surface area contributed by atoms with Crippen molar-refractivity contribution in [1.82, 2.24) is 4.90 Å². The maximum Gasteiger partial charge on any atom is 0.231 e. The second-order valence-electron chi connectivity index (χ2n) is 8.54. The van der Waals surface area contributed by atoms with Gasteiger partial charge in [0.1, 0.15) is 0 Å². The summed E-state index contributed by atoms with van der Waals surface area (Å²) in [6.07, 6.45) is 5.77. The second-order valence-corrected chi connectivity index (χ2v) is 10.6. The summed E-state index contributed by atoms with van der Waals surface area (Å²) in [5, 5.41) is 0. The van der Waals surface area contributed by atoms with Crippen LogP contribution in [0.3, 0.4) is 0 Å². The van der Waals surface area contributed by atoms with Crippen molar-refractivity contribution >= 4 is 15.7 Å². The first-order valence-corrected chi connectivity index (χ1v) is 12.0. The van der Waals surface area contributed by atoms with E-state index in [1.165, 1.54) is 33.7 Å². The third-order valence-electron chi connectivity index (χ3n) is 6.80. The fraction of sp³-hybridized carbons (Fsp3) is 0.478. The highest BCUT2D eigenvalue weighted by molar-refractivity contribution is 7.92. The number of hydrogen-bond donors (Lipinski definition) is 0. The van der Waals surface area contributed by atoms with Gasteiger partial charge in [-0.05, 0) is 73.9 Å². The number of likely N-dealkylation sites (tertiary alicyclic amines) is 1. The Kier molecular flexibility index (Phi) is 5.00. The number of rotatable bonds is 4. The van der Waals surface area contributed by atoms with E-state index < -0.39 is 10.0 Å². The zero-order chi connectivity index (χ0) is 19.9. The average molecular weight is 399 g/mol. The van der Waals surface area contributed by atoms with Gasteiger partial charge in [-0.15, -0.1) is 0 Å². The molecule has 0 saturated carbocycles. The van der Waals surface area contributed by atoms with Gasteiger partial charge in [-0.25, -0.2) is 8.42 Å². The molecular formula is C23H30N2O2S. The molecule has 1 fully saturated rings. The minimum Gasteiger partial charge on any atom is -0.293 e. The molecule has 2 aromatic rings. The highest BCUT2D eigenvalue weighted by Crippen LogP contribution is 2.44. The van der Waals surface area contributed by atoms with Crippen molar-refractivity contribution in [2.45, 2.75) is 44.1 Å². The van der Waals surface area contributed by atoms with Gasteiger partial charge in [0.15, 0.2) is 0 Å². The van der Waals surface area contributed by atoms with Crippen LogP contribution in [0.5, 0.6) is 0 Å². The van der Waals surface area contributed by atoms with Gasteiger partial charge in [0, 0.05) is 19.1 Å². The van der Waals surface area contributed by atoms with Crippen LogP contribution in [0.15, 0.2) is 48.5 Å². The number of hydrogen-bond acceptors (Lipinski definition) is 3. The van der Waals surface area contributed by atoms with E-state index >= 15 is 0 Å². The molecule has 2 aromatic carbocycles. The summed E-state index contributed by atoms with van der Waals surface area (Å²) in [5.41, 5.74) is 4.89. The summed E-state index contributed by atoms with van der Waals surface area (Å²) in [5.74, 6) is 0.596. The summed E-state index contributed by atoms with van der Waals surface area (Å²) in [7, 11) is -1.61. The molecule has 2 unspecified atom stereocenters. The Hall–Kier alpha value is -1.85. The molecule has 0 spiro atoms. The van der Waals surface area contributed by atoms with Crippen molar-refractivity contribution in [3.8, 4) is 0 Å². The molecule has 5 heteroatoms. The van der Waals surface area contributed by atoms with Crippen molar-refractivity contribution in [2.24, 2.45) is 0 Å². The summed E-state index contributed by atoms with van der Waals surface area (Å²) in [6.45, 7) is 4.57. The molecule has 0 amide bonds. The number of fused-ring (bicyclic) bond motifs is 1. The predicted molar refractivity (Wildman–Crippen MR) is 115 cm³/mol. The first-order valence-electron chi connectivity index (χ1n) is 10.2. The Balaban J connectivity index is 1.62. The first-order chi connectivity index (χ1) is 13.3. The Morgan fingerprint density at radius 1 is 1.14 bits per heavy atom. The highest BCUT2D eigenvalue weighted by atomic mass is 32.2. The molecule has 1 aliphatic carbocycles. The number of nitrogens with zero attached hydrogens (tertiary/aromatic N) is 2. The molecule has 2 aliphatic rings. The van der Waals surface area contributed by atoms with E-state index in [4.69, 9.17) is 0 Å². The molecule has 0 radical (unpaired) electrons. The maximum atomic E-state index is 11.9. The zero-order valence-electron chi connectivity index (χ0n) is 17.1. The lowest BCUT2D eigenvalue weighted by Gasteiger charge is -2.44. The van der Waals surface area contributed by atoms with Crippen LogP contribution in [0.25, 0.3) is 0 Å². The number of aryl methyl sites for hydroxylation is 1. The smallest absolute Gasteiger partial charge is 0.231 e. The largest absolute Gasteiger partial charge is 0.293 e. The van der Waals surface area contributed by atoms with Crippen molar-refractivity contribution < 1.29 is 8.42 Å². The van der Waals surface area contributed by atoms with Crippen molar-refractivity contribution in [1.29, 1.82) is 0 Å². The van der Waals surface area contributed by atoms with Crippen LogP contribution in [0.1, 0.15) is 48.8 Å². The van der Waals surface area contributed by atoms with E-state index in [-0.39, 0.29) is 5.54 Å². The Morgan fingerprint density at radius 3 is 2.61 bits per heavy atom. The van der Waals surface area contributed by atoms with Gasteiger partial charge in [0.25, 0.3) is 0 Å². The minimum atomic E-state index is -3.24. The van der Waals surface area contributed by atoms with E-state index in [1.807, 2.05) is 6.07 Å². The van der Waals surface area contributed by atoms with E-state index in [2.05, 4.69) is 54.3 Å². The van der Waals surface area contributed by atoms with Crippen molar-refractivity contribution in [3.63, 3.8) is 0 Å². The fourth-order valence-corrected chi connectivity index (χ4v) is 5.49. The molecule has 1 heterocycles. The van der Waals surface area contributed by atoms with Gasteiger partial charge in [0.05, 0.1) is 11.9 Å². The van der Waals surface area contributed by atoms with Crippen LogP contribution >= 0.6 is 0 Å². The lowest BCUT2D eigenvalue weighted by Crippen LogP contribution is -2.44. The highest BCUT2D eigenvalue weighted by Gasteiger charge is 2.41. The van der Waals surface area contributed by atoms with Crippen molar-refractivity contribution in [3.05, 3.63) is 65.2 Å². The van der Waals surface area contributed by atoms with E-state index in [0.29, 0.717) is 5.92 Å². The molecule has 0 aromatic heterocycles. The van der Waals surface area contributed by atoms with Crippen LogP contribution in [-0.4, -0.2) is 39.7 Å². The van der Waals surface area contributed by atoms with Gasteiger partial charge >= 0.3 is 0 Å². The quantitative estimate of drug-likeness (QED) is 0.778. The molecule has 28 heavy (non-hydrogen) atoms. The topological polar surface area (TPSA) is 40.6 Å². The number of benzene rings is 2. The van der Waals surface area contributed by atoms with Gasteiger partial charge in [-0.2, -0.15) is 0 Å². The van der Waals surface area contributed by atoms with Crippen LogP contribution < -0.4 is 4.31 Å². The SMILES string of the molecule is CN(c1ccc2c(c1)CCCC2(C)N1CCC(c2ccccc2)C1)S(C)(=O)=O. The predicted octanol–water partition coefficient (Wildman–Crippen LogP) is 4.12. The van der Waals surface area contributed by atoms with E-state index in [9.17, 15) is 8.42 Å². The molecule has 150 valence electrons. The third-order valence-corrected chi connectivity index (χ3v) is 8.00. The summed E-state index contributed by atoms with van der Waals surface area (Å²) in [6, 6.07) is 17.1. The van der Waals surface area contributed by atoms with Crippen molar-refractivity contribution in [2.75, 3.05) is 30.7 Å². The minimum absolute atomic E-state index is 0.0271. The second kappa shape index (κ2) is 7.20. The molecular weight excluding hydrogens is 368 g/mol. The first kappa shape index (κ1) is 19.5. The lowest BCUT2D eigenvalue weighted by molar-refractivity contribution is 0.111. The summed E-state index contributed by atoms with van der Waals surface area (Å²) < 4.78 is 25.2. The molecule has 4 rings (SSSR count). The monoisotopic (exact) mass is 398 g/mol. The van der Waals surface area contributed by atoms with Gasteiger partial charge in [0.2, 0.25) is 10.0 Å². The maximum absolute atomic E-state index is 11.9. The fourth-order valence-electron chi connectivity index (χ4n) is 4.99. The summed E-state index contributed by atoms with van der Waals surface area (Å²) >= 11 is 0. The molecule has 1 aliphatic heterocycles. The molecule has 2 atom stereocenters. The standard InChI is InChI=1S/C23H30N2O2S/c1-23(25-15-13-20(17-25)18-8-5-4-6-9-18)14-7-10-19-16-21(11-12-22(19)23)24(2)28(3,26)27/h4-6,8-9,11-12,16,20H,7,10,13-15,17H2,1-3H3. The molecule has 4 nitrogen and oxygen atoms in total. The zero-order valence-corrected chi connectivity index (χ0v) is 17.9. The van der Waals surface area contributed by atoms with Gasteiger partial charge in [-0.1, -0.05) is 36.4 Å².